The van der Waals surface area contributed by atoms with E-state index in [1.807, 2.05) is 6.07 Å². The van der Waals surface area contributed by atoms with Gasteiger partial charge >= 0.3 is 0 Å². The molecule has 2 amide bonds. The minimum absolute atomic E-state index is 0.137. The van der Waals surface area contributed by atoms with Gasteiger partial charge in [0, 0.05) is 17.2 Å². The maximum absolute atomic E-state index is 12.7. The second kappa shape index (κ2) is 7.74. The van der Waals surface area contributed by atoms with E-state index < -0.39 is 0 Å². The zero-order valence-electron chi connectivity index (χ0n) is 15.6. The van der Waals surface area contributed by atoms with E-state index in [-0.39, 0.29) is 23.0 Å². The second-order valence-corrected chi connectivity index (χ2v) is 8.77. The van der Waals surface area contributed by atoms with Crippen LogP contribution in [0.3, 0.4) is 0 Å². The third-order valence-corrected chi connectivity index (χ3v) is 5.79. The fourth-order valence-electron chi connectivity index (χ4n) is 3.50. The van der Waals surface area contributed by atoms with Crippen molar-refractivity contribution in [3.05, 3.63) is 35.9 Å². The number of hydrogen-bond donors (Lipinski definition) is 0. The predicted octanol–water partition coefficient (Wildman–Crippen LogP) is 4.35. The molecule has 1 saturated carbocycles. The maximum Gasteiger partial charge on any atom is 0.266 e. The maximum atomic E-state index is 12.7. The summed E-state index contributed by atoms with van der Waals surface area (Å²) in [4.78, 5) is 26.1. The standard InChI is InChI=1S/C20H25N3O2S/c1-20(2,3)15-11-7-8-12-16(15)21-22-19-23(17(24)13-26-19)18(25)14-9-5-4-6-10-14/h4-6,9-10,15H,7-8,11-13H2,1-3H3/b21-16-,22-19+. The largest absolute Gasteiger partial charge is 0.273 e. The Morgan fingerprint density at radius 1 is 1.15 bits per heavy atom. The normalized spacial score (nSPS) is 24.5. The molecule has 1 aromatic carbocycles. The van der Waals surface area contributed by atoms with Crippen LogP contribution in [0.15, 0.2) is 40.5 Å². The predicted molar refractivity (Wildman–Crippen MR) is 106 cm³/mol. The smallest absolute Gasteiger partial charge is 0.266 e. The van der Waals surface area contributed by atoms with Gasteiger partial charge in [0.05, 0.1) is 5.75 Å². The molecule has 1 saturated heterocycles. The molecule has 0 spiro atoms. The third-order valence-electron chi connectivity index (χ3n) is 4.88. The lowest BCUT2D eigenvalue weighted by atomic mass is 9.71. The molecule has 0 bridgehead atoms. The van der Waals surface area contributed by atoms with Gasteiger partial charge in [0.2, 0.25) is 5.91 Å². The van der Waals surface area contributed by atoms with Crippen molar-refractivity contribution >= 4 is 34.5 Å². The van der Waals surface area contributed by atoms with E-state index in [4.69, 9.17) is 0 Å². The number of rotatable bonds is 2. The lowest BCUT2D eigenvalue weighted by Crippen LogP contribution is -2.36. The highest BCUT2D eigenvalue weighted by molar-refractivity contribution is 8.15. The zero-order chi connectivity index (χ0) is 18.7. The Morgan fingerprint density at radius 3 is 2.58 bits per heavy atom. The van der Waals surface area contributed by atoms with Crippen LogP contribution >= 0.6 is 11.8 Å². The molecule has 1 aliphatic carbocycles. The fourth-order valence-corrected chi connectivity index (χ4v) is 4.29. The Hall–Kier alpha value is -1.95. The molecule has 3 rings (SSSR count). The van der Waals surface area contributed by atoms with Crippen molar-refractivity contribution in [3.8, 4) is 0 Å². The number of imide groups is 1. The van der Waals surface area contributed by atoms with Crippen molar-refractivity contribution in [1.82, 2.24) is 4.90 Å². The third kappa shape index (κ3) is 4.06. The van der Waals surface area contributed by atoms with Gasteiger partial charge < -0.3 is 0 Å². The highest BCUT2D eigenvalue weighted by Gasteiger charge is 2.35. The summed E-state index contributed by atoms with van der Waals surface area (Å²) in [6.07, 6.45) is 4.38. The van der Waals surface area contributed by atoms with E-state index in [0.717, 1.165) is 25.0 Å². The number of nitrogens with zero attached hydrogens (tertiary/aromatic N) is 3. The number of benzene rings is 1. The van der Waals surface area contributed by atoms with Gasteiger partial charge in [0.25, 0.3) is 5.91 Å². The van der Waals surface area contributed by atoms with E-state index in [1.54, 1.807) is 24.3 Å². The van der Waals surface area contributed by atoms with E-state index in [9.17, 15) is 9.59 Å². The molecular weight excluding hydrogens is 346 g/mol. The van der Waals surface area contributed by atoms with Gasteiger partial charge in [-0.2, -0.15) is 5.10 Å². The van der Waals surface area contributed by atoms with Crippen LogP contribution in [0, 0.1) is 11.3 Å². The van der Waals surface area contributed by atoms with Gasteiger partial charge in [-0.05, 0) is 36.8 Å². The fraction of sp³-hybridized carbons (Fsp3) is 0.500. The SMILES string of the molecule is CC(C)(C)C1CCCC/C1=N/N=C1/SCC(=O)N1C(=O)c1ccccc1. The van der Waals surface area contributed by atoms with Crippen LogP contribution in [0.2, 0.25) is 0 Å². The lowest BCUT2D eigenvalue weighted by Gasteiger charge is -2.34. The number of carbonyl (C=O) groups excluding carboxylic acids is 2. The van der Waals surface area contributed by atoms with Crippen LogP contribution in [0.1, 0.15) is 56.8 Å². The van der Waals surface area contributed by atoms with Gasteiger partial charge in [0.1, 0.15) is 0 Å². The quantitative estimate of drug-likeness (QED) is 0.573. The molecule has 0 N–H and O–H groups in total. The molecule has 1 unspecified atom stereocenters. The number of amides is 2. The van der Waals surface area contributed by atoms with Crippen molar-refractivity contribution < 1.29 is 9.59 Å². The van der Waals surface area contributed by atoms with Crippen molar-refractivity contribution in [2.45, 2.75) is 46.5 Å². The Morgan fingerprint density at radius 2 is 1.88 bits per heavy atom. The molecule has 1 heterocycles. The summed E-state index contributed by atoms with van der Waals surface area (Å²) in [5, 5.41) is 9.24. The van der Waals surface area contributed by atoms with Gasteiger partial charge in [-0.1, -0.05) is 57.2 Å². The van der Waals surface area contributed by atoms with Crippen molar-refractivity contribution in [2.24, 2.45) is 21.5 Å². The van der Waals surface area contributed by atoms with Crippen LogP contribution in [0.4, 0.5) is 0 Å². The van der Waals surface area contributed by atoms with Crippen molar-refractivity contribution in [2.75, 3.05) is 5.75 Å². The van der Waals surface area contributed by atoms with Crippen LogP contribution in [0.25, 0.3) is 0 Å². The van der Waals surface area contributed by atoms with Crippen molar-refractivity contribution in [3.63, 3.8) is 0 Å². The van der Waals surface area contributed by atoms with Gasteiger partial charge in [-0.3, -0.25) is 9.59 Å². The molecule has 0 aromatic heterocycles. The molecule has 5 nitrogen and oxygen atoms in total. The van der Waals surface area contributed by atoms with E-state index >= 15 is 0 Å². The average molecular weight is 372 g/mol. The second-order valence-electron chi connectivity index (χ2n) is 7.83. The van der Waals surface area contributed by atoms with Gasteiger partial charge in [0.15, 0.2) is 5.17 Å². The first-order valence-corrected chi connectivity index (χ1v) is 10.1. The molecule has 2 fully saturated rings. The Kier molecular flexibility index (Phi) is 5.61. The van der Waals surface area contributed by atoms with Crippen LogP contribution < -0.4 is 0 Å². The molecule has 1 aliphatic heterocycles. The van der Waals surface area contributed by atoms with E-state index in [1.165, 1.54) is 23.1 Å². The highest BCUT2D eigenvalue weighted by atomic mass is 32.2. The summed E-state index contributed by atoms with van der Waals surface area (Å²) >= 11 is 1.28. The molecule has 26 heavy (non-hydrogen) atoms. The molecular formula is C20H25N3O2S. The molecule has 1 atom stereocenters. The van der Waals surface area contributed by atoms with Crippen LogP contribution in [-0.4, -0.2) is 33.3 Å². The Balaban J connectivity index is 1.86. The van der Waals surface area contributed by atoms with Crippen LogP contribution in [-0.2, 0) is 4.79 Å². The Labute approximate surface area is 158 Å². The number of hydrogen-bond acceptors (Lipinski definition) is 5. The summed E-state index contributed by atoms with van der Waals surface area (Å²) in [7, 11) is 0. The molecule has 138 valence electrons. The first-order chi connectivity index (χ1) is 12.4. The molecule has 6 heteroatoms. The van der Waals surface area contributed by atoms with Crippen LogP contribution in [0.5, 0.6) is 0 Å². The number of carbonyl (C=O) groups is 2. The molecule has 2 aliphatic rings. The summed E-state index contributed by atoms with van der Waals surface area (Å²) in [5.74, 6) is 0.0423. The van der Waals surface area contributed by atoms with E-state index in [0.29, 0.717) is 16.6 Å². The van der Waals surface area contributed by atoms with Gasteiger partial charge in [-0.25, -0.2) is 4.90 Å². The average Bonchev–Trinajstić information content (AvgIpc) is 3.00. The van der Waals surface area contributed by atoms with E-state index in [2.05, 4.69) is 31.0 Å². The zero-order valence-corrected chi connectivity index (χ0v) is 16.4. The topological polar surface area (TPSA) is 62.1 Å². The Bertz CT molecular complexity index is 750. The minimum atomic E-state index is -0.337. The summed E-state index contributed by atoms with van der Waals surface area (Å²) < 4.78 is 0. The van der Waals surface area contributed by atoms with Crippen molar-refractivity contribution in [1.29, 1.82) is 0 Å². The first-order valence-electron chi connectivity index (χ1n) is 9.07. The monoisotopic (exact) mass is 371 g/mol. The lowest BCUT2D eigenvalue weighted by molar-refractivity contribution is -0.122. The first kappa shape index (κ1) is 18.8. The molecule has 1 aromatic rings. The highest BCUT2D eigenvalue weighted by Crippen LogP contribution is 2.36. The van der Waals surface area contributed by atoms with Gasteiger partial charge in [-0.15, -0.1) is 5.10 Å². The summed E-state index contributed by atoms with van der Waals surface area (Å²) in [6.45, 7) is 6.68. The summed E-state index contributed by atoms with van der Waals surface area (Å²) in [5.41, 5.74) is 1.70. The number of thioether (sulfide) groups is 1. The molecule has 0 radical (unpaired) electrons. The summed E-state index contributed by atoms with van der Waals surface area (Å²) in [6, 6.07) is 8.83. The minimum Gasteiger partial charge on any atom is -0.273 e. The number of amidine groups is 1.